The van der Waals surface area contributed by atoms with E-state index in [2.05, 4.69) is 16.4 Å². The zero-order valence-corrected chi connectivity index (χ0v) is 10.7. The van der Waals surface area contributed by atoms with E-state index in [1.807, 2.05) is 12.1 Å². The molecule has 18 heavy (non-hydrogen) atoms. The molecule has 0 aromatic carbocycles. The molecule has 1 rings (SSSR count). The highest BCUT2D eigenvalue weighted by molar-refractivity contribution is 5.19. The van der Waals surface area contributed by atoms with Gasteiger partial charge in [0.1, 0.15) is 5.75 Å². The van der Waals surface area contributed by atoms with Crippen LogP contribution in [0.4, 0.5) is 0 Å². The van der Waals surface area contributed by atoms with Gasteiger partial charge in [0.2, 0.25) is 0 Å². The van der Waals surface area contributed by atoms with Crippen LogP contribution in [0.2, 0.25) is 0 Å². The minimum absolute atomic E-state index is 0.523. The number of nitrogens with zero attached hydrogens (tertiary/aromatic N) is 2. The van der Waals surface area contributed by atoms with E-state index in [0.29, 0.717) is 19.6 Å². The first-order valence-electron chi connectivity index (χ1n) is 6.01. The summed E-state index contributed by atoms with van der Waals surface area (Å²) in [4.78, 5) is 4.28. The third kappa shape index (κ3) is 6.18. The smallest absolute Gasteiger partial charge is 0.137 e. The molecule has 1 N–H and O–H groups in total. The van der Waals surface area contributed by atoms with Gasteiger partial charge in [-0.1, -0.05) is 0 Å². The molecule has 1 heterocycles. The van der Waals surface area contributed by atoms with Crippen LogP contribution in [0.1, 0.15) is 18.5 Å². The molecule has 5 nitrogen and oxygen atoms in total. The number of aromatic nitrogens is 1. The predicted molar refractivity (Wildman–Crippen MR) is 68.2 cm³/mol. The van der Waals surface area contributed by atoms with Gasteiger partial charge >= 0.3 is 0 Å². The van der Waals surface area contributed by atoms with Gasteiger partial charge in [0.15, 0.2) is 0 Å². The summed E-state index contributed by atoms with van der Waals surface area (Å²) in [6.45, 7) is 2.78. The molecule has 0 spiro atoms. The quantitative estimate of drug-likeness (QED) is 0.672. The van der Waals surface area contributed by atoms with Crippen molar-refractivity contribution in [3.05, 3.63) is 24.0 Å². The van der Waals surface area contributed by atoms with Gasteiger partial charge < -0.3 is 14.8 Å². The summed E-state index contributed by atoms with van der Waals surface area (Å²) in [7, 11) is 1.68. The first-order valence-corrected chi connectivity index (χ1v) is 6.01. The van der Waals surface area contributed by atoms with Crippen LogP contribution in [0.25, 0.3) is 0 Å². The summed E-state index contributed by atoms with van der Waals surface area (Å²) in [6, 6.07) is 5.91. The van der Waals surface area contributed by atoms with Crippen LogP contribution in [0.15, 0.2) is 18.3 Å². The molecule has 5 heteroatoms. The summed E-state index contributed by atoms with van der Waals surface area (Å²) in [5.41, 5.74) is 0.968. The lowest BCUT2D eigenvalue weighted by molar-refractivity contribution is 0.199. The van der Waals surface area contributed by atoms with Crippen molar-refractivity contribution in [3.63, 3.8) is 0 Å². The zero-order valence-electron chi connectivity index (χ0n) is 10.7. The molecule has 0 bridgehead atoms. The fraction of sp³-hybridized carbons (Fsp3) is 0.538. The second kappa shape index (κ2) is 9.40. The first kappa shape index (κ1) is 14.4. The summed E-state index contributed by atoms with van der Waals surface area (Å²) < 4.78 is 10.4. The lowest BCUT2D eigenvalue weighted by Gasteiger charge is -2.06. The highest BCUT2D eigenvalue weighted by Crippen LogP contribution is 2.09. The second-order valence-electron chi connectivity index (χ2n) is 3.76. The third-order valence-electron chi connectivity index (χ3n) is 2.29. The molecule has 1 aromatic rings. The van der Waals surface area contributed by atoms with Crippen molar-refractivity contribution >= 4 is 0 Å². The molecule has 0 fully saturated rings. The van der Waals surface area contributed by atoms with Gasteiger partial charge in [0.25, 0.3) is 0 Å². The van der Waals surface area contributed by atoms with E-state index in [1.165, 1.54) is 0 Å². The SMILES string of the molecule is COCCNCc1ccc(OCCCC#N)cn1. The number of nitrogens with one attached hydrogen (secondary N) is 1. The van der Waals surface area contributed by atoms with E-state index < -0.39 is 0 Å². The molecule has 0 radical (unpaired) electrons. The van der Waals surface area contributed by atoms with E-state index in [1.54, 1.807) is 13.3 Å². The molecular formula is C13H19N3O2. The van der Waals surface area contributed by atoms with Gasteiger partial charge in [-0.25, -0.2) is 0 Å². The van der Waals surface area contributed by atoms with Crippen LogP contribution >= 0.6 is 0 Å². The van der Waals surface area contributed by atoms with Crippen LogP contribution in [0.3, 0.4) is 0 Å². The monoisotopic (exact) mass is 249 g/mol. The molecule has 0 unspecified atom stereocenters. The maximum absolute atomic E-state index is 8.39. The second-order valence-corrected chi connectivity index (χ2v) is 3.76. The standard InChI is InChI=1S/C13H19N3O2/c1-17-9-7-15-10-12-4-5-13(11-16-12)18-8-3-2-6-14/h4-5,11,15H,2-3,7-10H2,1H3. The fourth-order valence-corrected chi connectivity index (χ4v) is 1.33. The Morgan fingerprint density at radius 1 is 1.39 bits per heavy atom. The van der Waals surface area contributed by atoms with E-state index in [9.17, 15) is 0 Å². The molecule has 0 aliphatic heterocycles. The zero-order chi connectivity index (χ0) is 13.1. The van der Waals surface area contributed by atoms with Crippen molar-refractivity contribution in [1.29, 1.82) is 5.26 Å². The summed E-state index contributed by atoms with van der Waals surface area (Å²) in [6.07, 6.45) is 2.98. The van der Waals surface area contributed by atoms with Gasteiger partial charge in [0, 0.05) is 26.6 Å². The van der Waals surface area contributed by atoms with Crippen LogP contribution in [-0.2, 0) is 11.3 Å². The highest BCUT2D eigenvalue weighted by atomic mass is 16.5. The van der Waals surface area contributed by atoms with Crippen molar-refractivity contribution in [2.24, 2.45) is 0 Å². The van der Waals surface area contributed by atoms with Gasteiger partial charge in [-0.3, -0.25) is 4.98 Å². The van der Waals surface area contributed by atoms with Gasteiger partial charge in [0.05, 0.1) is 31.2 Å². The summed E-state index contributed by atoms with van der Waals surface area (Å²) in [5, 5.41) is 11.6. The molecule has 0 aliphatic rings. The molecule has 1 aromatic heterocycles. The van der Waals surface area contributed by atoms with Gasteiger partial charge in [-0.2, -0.15) is 5.26 Å². The Bertz CT molecular complexity index is 359. The van der Waals surface area contributed by atoms with Crippen LogP contribution in [0.5, 0.6) is 5.75 Å². The average Bonchev–Trinajstić information content (AvgIpc) is 2.41. The van der Waals surface area contributed by atoms with E-state index in [0.717, 1.165) is 31.0 Å². The largest absolute Gasteiger partial charge is 0.492 e. The third-order valence-corrected chi connectivity index (χ3v) is 2.29. The topological polar surface area (TPSA) is 67.2 Å². The van der Waals surface area contributed by atoms with Crippen LogP contribution in [-0.4, -0.2) is 31.9 Å². The number of pyridine rings is 1. The van der Waals surface area contributed by atoms with Crippen LogP contribution in [0, 0.1) is 11.3 Å². The minimum atomic E-state index is 0.523. The number of hydrogen-bond donors (Lipinski definition) is 1. The number of hydrogen-bond acceptors (Lipinski definition) is 5. The Hall–Kier alpha value is -1.64. The van der Waals surface area contributed by atoms with E-state index >= 15 is 0 Å². The number of methoxy groups -OCH3 is 1. The van der Waals surface area contributed by atoms with Crippen molar-refractivity contribution in [3.8, 4) is 11.8 Å². The Balaban J connectivity index is 2.23. The molecule has 0 saturated heterocycles. The summed E-state index contributed by atoms with van der Waals surface area (Å²) in [5.74, 6) is 0.744. The van der Waals surface area contributed by atoms with Gasteiger partial charge in [-0.05, 0) is 18.6 Å². The Morgan fingerprint density at radius 2 is 2.28 bits per heavy atom. The molecule has 0 amide bonds. The molecule has 98 valence electrons. The van der Waals surface area contributed by atoms with Crippen molar-refractivity contribution in [1.82, 2.24) is 10.3 Å². The van der Waals surface area contributed by atoms with Crippen LogP contribution < -0.4 is 10.1 Å². The van der Waals surface area contributed by atoms with Crippen molar-refractivity contribution in [2.75, 3.05) is 26.9 Å². The fourth-order valence-electron chi connectivity index (χ4n) is 1.33. The number of rotatable bonds is 9. The first-order chi connectivity index (χ1) is 8.86. The Morgan fingerprint density at radius 3 is 2.94 bits per heavy atom. The lowest BCUT2D eigenvalue weighted by atomic mass is 10.3. The number of unbranched alkanes of at least 4 members (excludes halogenated alkanes) is 1. The maximum atomic E-state index is 8.39. The van der Waals surface area contributed by atoms with E-state index in [4.69, 9.17) is 14.7 Å². The van der Waals surface area contributed by atoms with Gasteiger partial charge in [-0.15, -0.1) is 0 Å². The molecule has 0 saturated carbocycles. The molecule has 0 aliphatic carbocycles. The van der Waals surface area contributed by atoms with Crippen molar-refractivity contribution < 1.29 is 9.47 Å². The average molecular weight is 249 g/mol. The maximum Gasteiger partial charge on any atom is 0.137 e. The molecule has 0 atom stereocenters. The minimum Gasteiger partial charge on any atom is -0.492 e. The number of nitriles is 1. The Labute approximate surface area is 108 Å². The predicted octanol–water partition coefficient (Wildman–Crippen LogP) is 1.50. The highest BCUT2D eigenvalue weighted by Gasteiger charge is 1.97. The summed E-state index contributed by atoms with van der Waals surface area (Å²) >= 11 is 0. The Kier molecular flexibility index (Phi) is 7.53. The van der Waals surface area contributed by atoms with E-state index in [-0.39, 0.29) is 0 Å². The normalized spacial score (nSPS) is 10.0. The number of ether oxygens (including phenoxy) is 2. The molecular weight excluding hydrogens is 230 g/mol. The lowest BCUT2D eigenvalue weighted by Crippen LogP contribution is -2.19. The van der Waals surface area contributed by atoms with Crippen molar-refractivity contribution in [2.45, 2.75) is 19.4 Å².